The highest BCUT2D eigenvalue weighted by Gasteiger charge is 2.40. The lowest BCUT2D eigenvalue weighted by Crippen LogP contribution is -2.36. The molecule has 2 aromatic rings. The van der Waals surface area contributed by atoms with Crippen LogP contribution in [0.2, 0.25) is 0 Å². The molecule has 35 heavy (non-hydrogen) atoms. The molecule has 1 saturated carbocycles. The fraction of sp³-hybridized carbons (Fsp3) is 0.550. The van der Waals surface area contributed by atoms with Crippen molar-refractivity contribution in [2.45, 2.75) is 49.5 Å². The SMILES string of the molecule is CC(Oc1ccc(S(C)(=O)=O)cc1C(=O)N(CCc1nnc(C(F)(F)F)o1)CC1CC1)C(F)(F)F. The number of rotatable bonds is 9. The van der Waals surface area contributed by atoms with E-state index in [2.05, 4.69) is 14.6 Å². The molecule has 1 heterocycles. The molecule has 15 heteroatoms. The number of sulfone groups is 1. The molecule has 1 aliphatic rings. The Morgan fingerprint density at radius 1 is 1.20 bits per heavy atom. The summed E-state index contributed by atoms with van der Waals surface area (Å²) < 4.78 is 111. The number of nitrogens with zero attached hydrogens (tertiary/aromatic N) is 3. The first-order valence-corrected chi connectivity index (χ1v) is 12.2. The van der Waals surface area contributed by atoms with Crippen molar-refractivity contribution in [3.05, 3.63) is 35.5 Å². The maximum absolute atomic E-state index is 13.3. The molecule has 1 amide bonds. The third kappa shape index (κ3) is 7.08. The largest absolute Gasteiger partial charge is 0.480 e. The fourth-order valence-corrected chi connectivity index (χ4v) is 3.67. The summed E-state index contributed by atoms with van der Waals surface area (Å²) in [6.45, 7) is 0.678. The van der Waals surface area contributed by atoms with Crippen LogP contribution in [0.3, 0.4) is 0 Å². The molecule has 0 N–H and O–H groups in total. The van der Waals surface area contributed by atoms with Gasteiger partial charge >= 0.3 is 18.2 Å². The van der Waals surface area contributed by atoms with Crippen LogP contribution < -0.4 is 4.74 Å². The van der Waals surface area contributed by atoms with Gasteiger partial charge in [0.05, 0.1) is 10.5 Å². The minimum atomic E-state index is -4.84. The number of aromatic nitrogens is 2. The Kier molecular flexibility index (Phi) is 7.39. The lowest BCUT2D eigenvalue weighted by Gasteiger charge is -2.25. The number of alkyl halides is 6. The number of ether oxygens (including phenoxy) is 1. The molecule has 1 unspecified atom stereocenters. The van der Waals surface area contributed by atoms with Crippen LogP contribution >= 0.6 is 0 Å². The van der Waals surface area contributed by atoms with Crippen LogP contribution in [0.25, 0.3) is 0 Å². The average molecular weight is 529 g/mol. The fourth-order valence-electron chi connectivity index (χ4n) is 3.02. The highest BCUT2D eigenvalue weighted by molar-refractivity contribution is 7.90. The second-order valence-electron chi connectivity index (χ2n) is 8.18. The number of benzene rings is 1. The quantitative estimate of drug-likeness (QED) is 0.454. The van der Waals surface area contributed by atoms with Gasteiger partial charge in [0.2, 0.25) is 5.89 Å². The molecule has 8 nitrogen and oxygen atoms in total. The van der Waals surface area contributed by atoms with Crippen molar-refractivity contribution >= 4 is 15.7 Å². The normalized spacial score (nSPS) is 15.7. The van der Waals surface area contributed by atoms with Crippen LogP contribution in [0.4, 0.5) is 26.3 Å². The molecule has 1 aromatic heterocycles. The molecular weight excluding hydrogens is 508 g/mol. The Balaban J connectivity index is 1.90. The van der Waals surface area contributed by atoms with Gasteiger partial charge in [-0.2, -0.15) is 26.3 Å². The van der Waals surface area contributed by atoms with Crippen LogP contribution in [0.15, 0.2) is 27.5 Å². The number of hydrogen-bond donors (Lipinski definition) is 0. The molecule has 1 aliphatic carbocycles. The maximum atomic E-state index is 13.3. The van der Waals surface area contributed by atoms with E-state index in [4.69, 9.17) is 4.74 Å². The van der Waals surface area contributed by atoms with E-state index in [9.17, 15) is 39.6 Å². The standard InChI is InChI=1S/C20H21F6N3O5S/c1-11(19(21,22)23)33-15-6-5-13(35(2,31)32)9-14(15)17(30)29(10-12-3-4-12)8-7-16-27-28-18(34-16)20(24,25)26/h5-6,9,11-12H,3-4,7-8,10H2,1-2H3. The van der Waals surface area contributed by atoms with E-state index in [-0.39, 0.29) is 30.3 Å². The predicted molar refractivity (Wildman–Crippen MR) is 107 cm³/mol. The molecule has 1 atom stereocenters. The van der Waals surface area contributed by atoms with Crippen molar-refractivity contribution in [3.8, 4) is 5.75 Å². The zero-order chi connectivity index (χ0) is 26.2. The third-order valence-corrected chi connectivity index (χ3v) is 6.25. The van der Waals surface area contributed by atoms with Gasteiger partial charge in [-0.3, -0.25) is 4.79 Å². The first-order chi connectivity index (χ1) is 16.1. The number of carbonyl (C=O) groups excluding carboxylic acids is 1. The van der Waals surface area contributed by atoms with Crippen molar-refractivity contribution in [2.75, 3.05) is 19.3 Å². The lowest BCUT2D eigenvalue weighted by molar-refractivity contribution is -0.189. The van der Waals surface area contributed by atoms with Gasteiger partial charge in [0.25, 0.3) is 5.91 Å². The van der Waals surface area contributed by atoms with Crippen molar-refractivity contribution in [3.63, 3.8) is 0 Å². The van der Waals surface area contributed by atoms with Crippen molar-refractivity contribution in [1.82, 2.24) is 15.1 Å². The van der Waals surface area contributed by atoms with E-state index < -0.39 is 57.3 Å². The van der Waals surface area contributed by atoms with Crippen molar-refractivity contribution in [2.24, 2.45) is 5.92 Å². The summed E-state index contributed by atoms with van der Waals surface area (Å²) in [7, 11) is -3.82. The van der Waals surface area contributed by atoms with Crippen molar-refractivity contribution < 1.29 is 48.7 Å². The molecular formula is C20H21F6N3O5S. The van der Waals surface area contributed by atoms with Crippen LogP contribution in [-0.2, 0) is 22.4 Å². The smallest absolute Gasteiger partial charge is 0.470 e. The predicted octanol–water partition coefficient (Wildman–Crippen LogP) is 3.92. The molecule has 3 rings (SSSR count). The zero-order valence-corrected chi connectivity index (χ0v) is 19.3. The third-order valence-electron chi connectivity index (χ3n) is 5.14. The summed E-state index contributed by atoms with van der Waals surface area (Å²) in [5.74, 6) is -3.18. The molecule has 1 fully saturated rings. The van der Waals surface area contributed by atoms with Gasteiger partial charge in [0.1, 0.15) is 5.75 Å². The Hall–Kier alpha value is -2.84. The first-order valence-electron chi connectivity index (χ1n) is 10.3. The van der Waals surface area contributed by atoms with Crippen LogP contribution in [0, 0.1) is 5.92 Å². The topological polar surface area (TPSA) is 103 Å². The average Bonchev–Trinajstić information content (AvgIpc) is 3.41. The number of carbonyl (C=O) groups is 1. The summed E-state index contributed by atoms with van der Waals surface area (Å²) in [5, 5.41) is 6.22. The van der Waals surface area contributed by atoms with Gasteiger partial charge in [-0.25, -0.2) is 8.42 Å². The van der Waals surface area contributed by atoms with E-state index in [1.807, 2.05) is 0 Å². The van der Waals surface area contributed by atoms with Crippen molar-refractivity contribution in [1.29, 1.82) is 0 Å². The van der Waals surface area contributed by atoms with Gasteiger partial charge in [-0.1, -0.05) is 0 Å². The Bertz CT molecular complexity index is 1170. The van der Waals surface area contributed by atoms with Crippen LogP contribution in [-0.4, -0.2) is 61.0 Å². The number of hydrogen-bond acceptors (Lipinski definition) is 7. The van der Waals surface area contributed by atoms with E-state index >= 15 is 0 Å². The second kappa shape index (κ2) is 9.66. The van der Waals surface area contributed by atoms with E-state index in [1.54, 1.807) is 0 Å². The summed E-state index contributed by atoms with van der Waals surface area (Å²) in [6.07, 6.45) is -9.73. The highest BCUT2D eigenvalue weighted by Crippen LogP contribution is 2.33. The Morgan fingerprint density at radius 2 is 1.86 bits per heavy atom. The molecule has 0 saturated heterocycles. The maximum Gasteiger partial charge on any atom is 0.470 e. The molecule has 0 spiro atoms. The minimum absolute atomic E-state index is 0.0870. The van der Waals surface area contributed by atoms with Gasteiger partial charge in [0.15, 0.2) is 15.9 Å². The van der Waals surface area contributed by atoms with Gasteiger partial charge in [-0.05, 0) is 43.9 Å². The van der Waals surface area contributed by atoms with E-state index in [1.165, 1.54) is 4.90 Å². The van der Waals surface area contributed by atoms with Gasteiger partial charge < -0.3 is 14.1 Å². The lowest BCUT2D eigenvalue weighted by atomic mass is 10.1. The molecule has 0 bridgehead atoms. The second-order valence-corrected chi connectivity index (χ2v) is 10.2. The van der Waals surface area contributed by atoms with Crippen LogP contribution in [0.1, 0.15) is 41.9 Å². The minimum Gasteiger partial charge on any atom is -0.480 e. The van der Waals surface area contributed by atoms with E-state index in [0.29, 0.717) is 0 Å². The van der Waals surface area contributed by atoms with Gasteiger partial charge in [0, 0.05) is 25.8 Å². The summed E-state index contributed by atoms with van der Waals surface area (Å²) in [6, 6.07) is 2.91. The zero-order valence-electron chi connectivity index (χ0n) is 18.5. The van der Waals surface area contributed by atoms with Crippen LogP contribution in [0.5, 0.6) is 5.75 Å². The Morgan fingerprint density at radius 3 is 2.37 bits per heavy atom. The Labute approximate surface area is 196 Å². The highest BCUT2D eigenvalue weighted by atomic mass is 32.2. The molecule has 194 valence electrons. The molecule has 0 radical (unpaired) electrons. The number of halogens is 6. The summed E-state index contributed by atoms with van der Waals surface area (Å²) in [5.41, 5.74) is -0.425. The molecule has 1 aromatic carbocycles. The van der Waals surface area contributed by atoms with E-state index in [0.717, 1.165) is 44.2 Å². The molecule has 0 aliphatic heterocycles. The monoisotopic (exact) mass is 529 g/mol. The number of amides is 1. The summed E-state index contributed by atoms with van der Waals surface area (Å²) >= 11 is 0. The van der Waals surface area contributed by atoms with Gasteiger partial charge in [-0.15, -0.1) is 10.2 Å². The first kappa shape index (κ1) is 26.8. The summed E-state index contributed by atoms with van der Waals surface area (Å²) in [4.78, 5) is 14.2.